The van der Waals surface area contributed by atoms with E-state index < -0.39 is 0 Å². The molecule has 0 unspecified atom stereocenters. The Morgan fingerprint density at radius 1 is 1.50 bits per heavy atom. The predicted molar refractivity (Wildman–Crippen MR) is 40.6 cm³/mol. The van der Waals surface area contributed by atoms with E-state index in [4.69, 9.17) is 0 Å². The lowest BCUT2D eigenvalue weighted by atomic mass is 10.3. The monoisotopic (exact) mass is 139 g/mol. The summed E-state index contributed by atoms with van der Waals surface area (Å²) in [6.07, 6.45) is 3.30. The Balaban J connectivity index is 2.43. The molecule has 0 aromatic rings. The van der Waals surface area contributed by atoms with Gasteiger partial charge in [0, 0.05) is 24.2 Å². The standard InChI is InChI=1S/C8H13NO/c1-6(2)9-7-3-4-8(10)5-7/h5-6,9H,3-4H2,1-2H3. The van der Waals surface area contributed by atoms with Gasteiger partial charge in [-0.15, -0.1) is 0 Å². The van der Waals surface area contributed by atoms with E-state index in [1.807, 2.05) is 0 Å². The van der Waals surface area contributed by atoms with Crippen LogP contribution in [0.15, 0.2) is 11.8 Å². The van der Waals surface area contributed by atoms with E-state index in [9.17, 15) is 4.79 Å². The molecule has 0 saturated carbocycles. The minimum absolute atomic E-state index is 0.253. The quantitative estimate of drug-likeness (QED) is 0.623. The fourth-order valence-corrected chi connectivity index (χ4v) is 1.08. The van der Waals surface area contributed by atoms with Crippen molar-refractivity contribution in [1.29, 1.82) is 0 Å². The Labute approximate surface area is 61.3 Å². The average molecular weight is 139 g/mol. The zero-order valence-corrected chi connectivity index (χ0v) is 6.48. The van der Waals surface area contributed by atoms with Crippen LogP contribution in [0, 0.1) is 0 Å². The molecule has 1 rings (SSSR count). The van der Waals surface area contributed by atoms with Gasteiger partial charge in [0.15, 0.2) is 5.78 Å². The van der Waals surface area contributed by atoms with Gasteiger partial charge in [0.1, 0.15) is 0 Å². The molecule has 2 heteroatoms. The van der Waals surface area contributed by atoms with E-state index in [1.54, 1.807) is 6.08 Å². The van der Waals surface area contributed by atoms with Crippen molar-refractivity contribution < 1.29 is 4.79 Å². The summed E-state index contributed by atoms with van der Waals surface area (Å²) in [5.41, 5.74) is 1.10. The van der Waals surface area contributed by atoms with Crippen LogP contribution in [0.3, 0.4) is 0 Å². The van der Waals surface area contributed by atoms with Crippen molar-refractivity contribution >= 4 is 5.78 Å². The molecule has 1 N–H and O–H groups in total. The summed E-state index contributed by atoms with van der Waals surface area (Å²) in [4.78, 5) is 10.7. The molecule has 10 heavy (non-hydrogen) atoms. The Morgan fingerprint density at radius 2 is 2.20 bits per heavy atom. The summed E-state index contributed by atoms with van der Waals surface area (Å²) in [5.74, 6) is 0.253. The first-order valence-corrected chi connectivity index (χ1v) is 3.68. The number of carbonyl (C=O) groups is 1. The third kappa shape index (κ3) is 1.87. The first-order chi connectivity index (χ1) is 4.68. The number of rotatable bonds is 2. The molecule has 0 atom stereocenters. The predicted octanol–water partition coefficient (Wildman–Crippen LogP) is 1.23. The summed E-state index contributed by atoms with van der Waals surface area (Å²) in [6.45, 7) is 4.15. The minimum atomic E-state index is 0.253. The zero-order valence-electron chi connectivity index (χ0n) is 6.48. The molecule has 0 aromatic heterocycles. The molecule has 0 saturated heterocycles. The first-order valence-electron chi connectivity index (χ1n) is 3.68. The highest BCUT2D eigenvalue weighted by molar-refractivity contribution is 5.92. The molecule has 1 aliphatic carbocycles. The van der Waals surface area contributed by atoms with Gasteiger partial charge in [0.25, 0.3) is 0 Å². The topological polar surface area (TPSA) is 29.1 Å². The van der Waals surface area contributed by atoms with E-state index in [-0.39, 0.29) is 5.78 Å². The Morgan fingerprint density at radius 3 is 2.60 bits per heavy atom. The fourth-order valence-electron chi connectivity index (χ4n) is 1.08. The van der Waals surface area contributed by atoms with E-state index >= 15 is 0 Å². The second kappa shape index (κ2) is 2.86. The number of allylic oxidation sites excluding steroid dienone is 2. The Hall–Kier alpha value is -0.790. The smallest absolute Gasteiger partial charge is 0.157 e. The number of hydrogen-bond donors (Lipinski definition) is 1. The molecule has 0 aromatic carbocycles. The SMILES string of the molecule is CC(C)NC1=CC(=O)CC1. The van der Waals surface area contributed by atoms with E-state index in [2.05, 4.69) is 19.2 Å². The highest BCUT2D eigenvalue weighted by Crippen LogP contribution is 2.11. The summed E-state index contributed by atoms with van der Waals surface area (Å²) in [6, 6.07) is 0.442. The lowest BCUT2D eigenvalue weighted by Gasteiger charge is -2.08. The van der Waals surface area contributed by atoms with Crippen molar-refractivity contribution in [2.75, 3.05) is 0 Å². The molecule has 2 nitrogen and oxygen atoms in total. The van der Waals surface area contributed by atoms with E-state index in [0.29, 0.717) is 12.5 Å². The van der Waals surface area contributed by atoms with Crippen LogP contribution in [0.2, 0.25) is 0 Å². The van der Waals surface area contributed by atoms with Gasteiger partial charge < -0.3 is 5.32 Å². The molecule has 0 aliphatic heterocycles. The van der Waals surface area contributed by atoms with Crippen LogP contribution in [0.1, 0.15) is 26.7 Å². The van der Waals surface area contributed by atoms with E-state index in [0.717, 1.165) is 12.1 Å². The fraction of sp³-hybridized carbons (Fsp3) is 0.625. The van der Waals surface area contributed by atoms with Crippen LogP contribution >= 0.6 is 0 Å². The lowest BCUT2D eigenvalue weighted by Crippen LogP contribution is -2.20. The van der Waals surface area contributed by atoms with Gasteiger partial charge in [-0.1, -0.05) is 0 Å². The van der Waals surface area contributed by atoms with Crippen molar-refractivity contribution in [1.82, 2.24) is 5.32 Å². The van der Waals surface area contributed by atoms with Crippen LogP contribution in [-0.2, 0) is 4.79 Å². The van der Waals surface area contributed by atoms with Gasteiger partial charge in [-0.25, -0.2) is 0 Å². The van der Waals surface area contributed by atoms with Crippen molar-refractivity contribution in [3.05, 3.63) is 11.8 Å². The number of ketones is 1. The highest BCUT2D eigenvalue weighted by atomic mass is 16.1. The molecular formula is C8H13NO. The summed E-state index contributed by atoms with van der Waals surface area (Å²) < 4.78 is 0. The van der Waals surface area contributed by atoms with Gasteiger partial charge in [0.05, 0.1) is 0 Å². The number of carbonyl (C=O) groups excluding carboxylic acids is 1. The first kappa shape index (κ1) is 7.32. The molecule has 0 fully saturated rings. The normalized spacial score (nSPS) is 17.9. The van der Waals surface area contributed by atoms with Crippen LogP contribution in [0.25, 0.3) is 0 Å². The van der Waals surface area contributed by atoms with Gasteiger partial charge in [-0.05, 0) is 20.3 Å². The van der Waals surface area contributed by atoms with Crippen LogP contribution < -0.4 is 5.32 Å². The van der Waals surface area contributed by atoms with Gasteiger partial charge in [-0.3, -0.25) is 4.79 Å². The second-order valence-corrected chi connectivity index (χ2v) is 2.93. The third-order valence-electron chi connectivity index (χ3n) is 1.45. The van der Waals surface area contributed by atoms with E-state index in [1.165, 1.54) is 0 Å². The average Bonchev–Trinajstić information content (AvgIpc) is 2.13. The second-order valence-electron chi connectivity index (χ2n) is 2.93. The summed E-state index contributed by atoms with van der Waals surface area (Å²) in [7, 11) is 0. The molecular weight excluding hydrogens is 126 g/mol. The third-order valence-corrected chi connectivity index (χ3v) is 1.45. The van der Waals surface area contributed by atoms with Crippen molar-refractivity contribution in [3.63, 3.8) is 0 Å². The van der Waals surface area contributed by atoms with Gasteiger partial charge in [0.2, 0.25) is 0 Å². The molecule has 1 aliphatic rings. The lowest BCUT2D eigenvalue weighted by molar-refractivity contribution is -0.114. The van der Waals surface area contributed by atoms with Crippen molar-refractivity contribution in [2.24, 2.45) is 0 Å². The van der Waals surface area contributed by atoms with Crippen molar-refractivity contribution in [3.8, 4) is 0 Å². The van der Waals surface area contributed by atoms with Crippen LogP contribution in [0.5, 0.6) is 0 Å². The van der Waals surface area contributed by atoms with Crippen LogP contribution in [0.4, 0.5) is 0 Å². The summed E-state index contributed by atoms with van der Waals surface area (Å²) >= 11 is 0. The largest absolute Gasteiger partial charge is 0.386 e. The summed E-state index contributed by atoms with van der Waals surface area (Å²) in [5, 5.41) is 3.21. The van der Waals surface area contributed by atoms with Crippen molar-refractivity contribution in [2.45, 2.75) is 32.7 Å². The zero-order chi connectivity index (χ0) is 7.56. The van der Waals surface area contributed by atoms with Crippen LogP contribution in [-0.4, -0.2) is 11.8 Å². The Bertz CT molecular complexity index is 170. The minimum Gasteiger partial charge on any atom is -0.386 e. The number of nitrogens with one attached hydrogen (secondary N) is 1. The maximum Gasteiger partial charge on any atom is 0.157 e. The number of hydrogen-bond acceptors (Lipinski definition) is 2. The maximum absolute atomic E-state index is 10.7. The molecule has 0 bridgehead atoms. The molecule has 0 spiro atoms. The maximum atomic E-state index is 10.7. The highest BCUT2D eigenvalue weighted by Gasteiger charge is 2.11. The molecule has 56 valence electrons. The Kier molecular flexibility index (Phi) is 2.10. The molecule has 0 radical (unpaired) electrons. The van der Waals surface area contributed by atoms with Gasteiger partial charge >= 0.3 is 0 Å². The molecule has 0 amide bonds. The molecule has 0 heterocycles. The van der Waals surface area contributed by atoms with Gasteiger partial charge in [-0.2, -0.15) is 0 Å².